The third-order valence-corrected chi connectivity index (χ3v) is 27.8. The van der Waals surface area contributed by atoms with Crippen LogP contribution in [0.15, 0.2) is 214 Å². The number of alkyl halides is 12. The average molecular weight is 1970 g/mol. The lowest BCUT2D eigenvalue weighted by molar-refractivity contribution is -0.149. The second kappa shape index (κ2) is 45.9. The number of carbonyl (C=O) groups excluding carboxylic acids is 7. The molecular weight excluding hydrogens is 1850 g/mol. The van der Waals surface area contributed by atoms with Gasteiger partial charge in [0.25, 0.3) is 23.6 Å². The van der Waals surface area contributed by atoms with Crippen LogP contribution in [0.25, 0.3) is 0 Å². The van der Waals surface area contributed by atoms with Gasteiger partial charge in [-0.3, -0.25) is 43.3 Å². The van der Waals surface area contributed by atoms with E-state index in [0.29, 0.717) is 142 Å². The van der Waals surface area contributed by atoms with Crippen LogP contribution in [0.2, 0.25) is 0 Å². The highest BCUT2D eigenvalue weighted by atomic mass is 19.4. The van der Waals surface area contributed by atoms with Gasteiger partial charge in [0.1, 0.15) is 0 Å². The summed E-state index contributed by atoms with van der Waals surface area (Å²) in [5, 5.41) is 30.8. The molecule has 0 spiro atoms. The van der Waals surface area contributed by atoms with Gasteiger partial charge in [0.15, 0.2) is 6.17 Å². The summed E-state index contributed by atoms with van der Waals surface area (Å²) < 4.78 is 156. The summed E-state index contributed by atoms with van der Waals surface area (Å²) in [5.74, 6) is -3.08. The molecule has 8 aromatic carbocycles. The summed E-state index contributed by atoms with van der Waals surface area (Å²) in [4.78, 5) is 127. The van der Waals surface area contributed by atoms with Crippen LogP contribution in [0.3, 0.4) is 0 Å². The minimum atomic E-state index is -4.48. The Balaban J connectivity index is 0.000000175. The fraction of sp³-hybridized carbons (Fsp3) is 0.429. The lowest BCUT2D eigenvalue weighted by atomic mass is 9.82. The number of carbonyl (C=O) groups is 8. The lowest BCUT2D eigenvalue weighted by Crippen LogP contribution is -2.53. The molecule has 5 unspecified atom stereocenters. The number of benzodiazepines with no additional fused rings is 4. The van der Waals surface area contributed by atoms with Gasteiger partial charge in [0, 0.05) is 97.7 Å². The molecule has 8 aromatic rings. The van der Waals surface area contributed by atoms with Crippen molar-refractivity contribution >= 4 is 92.9 Å². The first-order valence-corrected chi connectivity index (χ1v) is 46.9. The van der Waals surface area contributed by atoms with E-state index in [1.165, 1.54) is 68.1 Å². The van der Waals surface area contributed by atoms with E-state index >= 15 is 0 Å². The molecule has 0 bridgehead atoms. The number of rotatable bonds is 21. The number of anilines is 4. The summed E-state index contributed by atoms with van der Waals surface area (Å²) >= 11 is 0. The van der Waals surface area contributed by atoms with E-state index in [-0.39, 0.29) is 43.0 Å². The smallest absolute Gasteiger partial charge is 0.416 e. The number of aliphatic carboxylic acids is 1. The number of amides is 7. The van der Waals surface area contributed by atoms with Crippen LogP contribution in [0.5, 0.6) is 0 Å². The number of unbranched alkanes of at least 4 members (excludes halogenated alkanes) is 1. The summed E-state index contributed by atoms with van der Waals surface area (Å²) in [7, 11) is 6.37. The SMILES string of the molecule is C.CCC1(C(=O)NC2N=C(c3ccc(C(F)(F)F)cc3)c3ccccc3N(C)C2=O)CCCC1.CCC1(C(=O)O)CCCC1.CCCCC(O)CNCC1(C(=O)NC2N=C(c3ccc(C(F)(F)F)cc3)c3ccccc3N(C)C2=O)CCCC1.CN1C(=O)C(N)N=C(c2ccc(C(F)(F)F)cc2)c2ccccc21.CN1C(=O)C(NC(=O)C2(CN)CCCC2)N=C(c2ccc(C(F)(F)F)cc2)c2ccccc21. The number of likely N-dealkylation sites (N-methyl/N-ethyl adjacent to an activating group) is 4. The largest absolute Gasteiger partial charge is 0.481 e. The Kier molecular flexibility index (Phi) is 35.3. The number of hydrogen-bond donors (Lipinski definition) is 8. The van der Waals surface area contributed by atoms with Crippen molar-refractivity contribution < 1.29 is 101 Å². The van der Waals surface area contributed by atoms with E-state index in [1.54, 1.807) is 125 Å². The summed E-state index contributed by atoms with van der Waals surface area (Å²) in [6.07, 6.45) is -5.49. The maximum atomic E-state index is 13.7. The fourth-order valence-electron chi connectivity index (χ4n) is 19.1. The standard InChI is InChI=1S/C30H37F3N4O3.C25H26F3N3O2.C24H25F3N4O2.C17H14F3N3O.C8H14O2.CH4/c1-3-4-9-22(38)18-34-19-29(16-7-8-17-29)28(40)36-26-27(39)37(2)24-11-6-5-10-23(24)25(35-26)20-12-14-21(15-13-20)30(31,32)33;1-3-24(14-6-7-15-24)23(33)30-21-22(32)31(2)19-9-5-4-8-18(19)20(29-21)16-10-12-17(13-11-16)25(26,27)28;1-31-18-7-3-2-6-17(18)19(15-8-10-16(11-9-15)24(25,26)27)29-20(21(31)32)30-22(33)23(14-28)12-4-5-13-23;1-23-13-5-3-2-4-12(13)14(22-15(21)16(23)24)10-6-8-11(9-7-10)17(18,19)20;1-2-8(7(9)10)5-3-4-6-8;/h5-6,10-15,22,26,34,38H,3-4,7-9,16-19H2,1-2H3,(H,36,40);4-5,8-13,21H,3,6-7,14-15H2,1-2H3,(H,30,33);2-3,6-11,20H,4-5,12-14,28H2,1H3,(H,30,33);2-9,15H,21H2,1H3;2-6H2,1H3,(H,9,10);1H4. The number of carboxylic acids is 1. The van der Waals surface area contributed by atoms with Gasteiger partial charge in [0.05, 0.1) is 90.2 Å². The number of nitrogens with one attached hydrogen (secondary N) is 4. The zero-order chi connectivity index (χ0) is 102. The van der Waals surface area contributed by atoms with Crippen molar-refractivity contribution in [2.45, 2.75) is 219 Å². The van der Waals surface area contributed by atoms with Gasteiger partial charge in [-0.2, -0.15) is 52.7 Å². The van der Waals surface area contributed by atoms with Crippen molar-refractivity contribution in [1.29, 1.82) is 0 Å². The van der Waals surface area contributed by atoms with E-state index in [1.807, 2.05) is 13.8 Å². The van der Waals surface area contributed by atoms with Crippen LogP contribution in [-0.2, 0) is 63.1 Å². The number of nitrogens with two attached hydrogens (primary N) is 2. The number of nitrogens with zero attached hydrogens (tertiary/aromatic N) is 8. The highest BCUT2D eigenvalue weighted by molar-refractivity contribution is 6.23. The van der Waals surface area contributed by atoms with Gasteiger partial charge < -0.3 is 62.5 Å². The van der Waals surface area contributed by atoms with Crippen LogP contribution in [-0.4, -0.2) is 159 Å². The van der Waals surface area contributed by atoms with Crippen molar-refractivity contribution in [2.24, 2.45) is 53.1 Å². The number of para-hydroxylation sites is 4. The first-order valence-electron chi connectivity index (χ1n) is 46.9. The van der Waals surface area contributed by atoms with Crippen LogP contribution in [0.4, 0.5) is 75.4 Å². The molecule has 141 heavy (non-hydrogen) atoms. The van der Waals surface area contributed by atoms with E-state index in [4.69, 9.17) is 16.6 Å². The monoisotopic (exact) mass is 1960 g/mol. The Morgan fingerprint density at radius 2 is 0.645 bits per heavy atom. The second-order valence-electron chi connectivity index (χ2n) is 36.5. The third-order valence-electron chi connectivity index (χ3n) is 27.8. The topological polar surface area (TPSA) is 340 Å². The second-order valence-corrected chi connectivity index (χ2v) is 36.5. The Bertz CT molecular complexity index is 5730. The van der Waals surface area contributed by atoms with Gasteiger partial charge in [0.2, 0.25) is 36.2 Å². The van der Waals surface area contributed by atoms with E-state index in [9.17, 15) is 96.1 Å². The van der Waals surface area contributed by atoms with Gasteiger partial charge >= 0.3 is 30.7 Å². The minimum absolute atomic E-state index is 0. The predicted molar refractivity (Wildman–Crippen MR) is 518 cm³/mol. The molecule has 4 aliphatic carbocycles. The van der Waals surface area contributed by atoms with Gasteiger partial charge in [-0.1, -0.05) is 214 Å². The number of carboxylic acid groups (broad SMARTS) is 1. The van der Waals surface area contributed by atoms with Crippen LogP contribution in [0.1, 0.15) is 230 Å². The van der Waals surface area contributed by atoms with Crippen molar-refractivity contribution in [3.8, 4) is 0 Å². The molecular formula is C105H120F12N14O10. The Morgan fingerprint density at radius 1 is 0.390 bits per heavy atom. The zero-order valence-corrected chi connectivity index (χ0v) is 78.8. The van der Waals surface area contributed by atoms with Gasteiger partial charge in [-0.15, -0.1) is 0 Å². The molecule has 36 heteroatoms. The summed E-state index contributed by atoms with van der Waals surface area (Å²) in [5.41, 5.74) is 14.1. The number of benzene rings is 8. The highest BCUT2D eigenvalue weighted by Crippen LogP contribution is 2.46. The first-order chi connectivity index (χ1) is 66.4. The molecule has 24 nitrogen and oxygen atoms in total. The Hall–Kier alpha value is -12.8. The summed E-state index contributed by atoms with van der Waals surface area (Å²) in [6.45, 7) is 6.93. The maximum Gasteiger partial charge on any atom is 0.416 e. The number of hydrogen-bond acceptors (Lipinski definition) is 16. The molecule has 0 saturated heterocycles. The van der Waals surface area contributed by atoms with Crippen molar-refractivity contribution in [1.82, 2.24) is 21.3 Å². The van der Waals surface area contributed by atoms with Gasteiger partial charge in [-0.05, 0) is 143 Å². The number of aliphatic imine (C=N–C) groups is 4. The summed E-state index contributed by atoms with van der Waals surface area (Å²) in [6, 6.07) is 46.7. The number of aliphatic hydroxyl groups is 1. The van der Waals surface area contributed by atoms with Crippen LogP contribution >= 0.6 is 0 Å². The molecule has 4 heterocycles. The highest BCUT2D eigenvalue weighted by Gasteiger charge is 2.48. The molecule has 0 radical (unpaired) electrons. The van der Waals surface area contributed by atoms with Crippen molar-refractivity contribution in [3.05, 3.63) is 261 Å². The molecule has 5 atom stereocenters. The zero-order valence-electron chi connectivity index (χ0n) is 78.8. The molecule has 8 aliphatic rings. The Morgan fingerprint density at radius 3 is 0.915 bits per heavy atom. The molecule has 7 amide bonds. The Labute approximate surface area is 811 Å². The predicted octanol–water partition coefficient (Wildman–Crippen LogP) is 18.6. The third kappa shape index (κ3) is 24.9. The van der Waals surface area contributed by atoms with E-state index in [0.717, 1.165) is 145 Å². The van der Waals surface area contributed by atoms with Crippen molar-refractivity contribution in [2.75, 3.05) is 67.4 Å². The van der Waals surface area contributed by atoms with Crippen LogP contribution in [0, 0.1) is 21.7 Å². The number of fused-ring (bicyclic) bond motifs is 4. The molecule has 4 fully saturated rings. The van der Waals surface area contributed by atoms with Crippen LogP contribution < -0.4 is 52.3 Å². The minimum Gasteiger partial charge on any atom is -0.481 e. The quantitative estimate of drug-likeness (QED) is 0.0311. The van der Waals surface area contributed by atoms with Crippen molar-refractivity contribution in [3.63, 3.8) is 0 Å². The molecule has 16 rings (SSSR count). The average Bonchev–Trinajstić information content (AvgIpc) is 1.64. The van der Waals surface area contributed by atoms with E-state index in [2.05, 4.69) is 48.2 Å². The number of halogens is 12. The normalized spacial score (nSPS) is 19.7. The molecule has 10 N–H and O–H groups in total. The van der Waals surface area contributed by atoms with E-state index < -0.39 is 118 Å². The number of aliphatic hydroxyl groups excluding tert-OH is 1. The van der Waals surface area contributed by atoms with Gasteiger partial charge in [-0.25, -0.2) is 15.0 Å². The molecule has 4 aliphatic heterocycles. The molecule has 4 saturated carbocycles. The maximum absolute atomic E-state index is 13.7. The lowest BCUT2D eigenvalue weighted by Gasteiger charge is -2.30. The molecule has 754 valence electrons. The fourth-order valence-corrected chi connectivity index (χ4v) is 19.1. The first kappa shape index (κ1) is 109. The molecule has 0 aromatic heterocycles.